The van der Waals surface area contributed by atoms with Crippen molar-refractivity contribution < 1.29 is 14.0 Å². The summed E-state index contributed by atoms with van der Waals surface area (Å²) in [6.45, 7) is 6.38. The summed E-state index contributed by atoms with van der Waals surface area (Å²) in [4.78, 5) is 30.4. The summed E-state index contributed by atoms with van der Waals surface area (Å²) in [6, 6.07) is 5.52. The highest BCUT2D eigenvalue weighted by Crippen LogP contribution is 2.24. The van der Waals surface area contributed by atoms with Crippen LogP contribution in [-0.4, -0.2) is 34.3 Å². The van der Waals surface area contributed by atoms with Gasteiger partial charge in [-0.3, -0.25) is 9.59 Å². The molecule has 1 N–H and O–H groups in total. The first kappa shape index (κ1) is 15.5. The lowest BCUT2D eigenvalue weighted by Gasteiger charge is -2.20. The number of benzene rings is 1. The average molecular weight is 315 g/mol. The quantitative estimate of drug-likeness (QED) is 0.941. The van der Waals surface area contributed by atoms with E-state index in [1.807, 2.05) is 20.8 Å². The minimum atomic E-state index is -0.302. The van der Waals surface area contributed by atoms with Gasteiger partial charge in [-0.25, -0.2) is 4.98 Å². The van der Waals surface area contributed by atoms with E-state index < -0.39 is 0 Å². The maximum Gasteiger partial charge on any atom is 0.229 e. The van der Waals surface area contributed by atoms with Crippen molar-refractivity contribution in [1.29, 1.82) is 0 Å². The molecule has 1 aromatic carbocycles. The molecule has 0 radical (unpaired) electrons. The Morgan fingerprint density at radius 1 is 1.48 bits per heavy atom. The lowest BCUT2D eigenvalue weighted by atomic mass is 10.1. The molecule has 1 aromatic heterocycles. The Morgan fingerprint density at radius 3 is 2.91 bits per heavy atom. The number of anilines is 1. The smallest absolute Gasteiger partial charge is 0.229 e. The molecule has 6 heteroatoms. The molecule has 6 nitrogen and oxygen atoms in total. The summed E-state index contributed by atoms with van der Waals surface area (Å²) in [5.74, 6) is 0.293. The van der Waals surface area contributed by atoms with Gasteiger partial charge in [-0.2, -0.15) is 0 Å². The van der Waals surface area contributed by atoms with Gasteiger partial charge in [0.15, 0.2) is 11.5 Å². The maximum absolute atomic E-state index is 12.4. The second-order valence-corrected chi connectivity index (χ2v) is 6.17. The molecule has 1 atom stereocenters. The molecule has 2 aromatic rings. The fourth-order valence-electron chi connectivity index (χ4n) is 2.85. The molecule has 1 aliphatic heterocycles. The first-order valence-electron chi connectivity index (χ1n) is 7.97. The molecule has 2 amide bonds. The molecule has 0 aliphatic carbocycles. The van der Waals surface area contributed by atoms with E-state index in [1.54, 1.807) is 23.1 Å². The molecule has 1 aliphatic rings. The Hall–Kier alpha value is -2.37. The predicted molar refractivity (Wildman–Crippen MR) is 87.0 cm³/mol. The van der Waals surface area contributed by atoms with Crippen LogP contribution < -0.4 is 5.32 Å². The predicted octanol–water partition coefficient (Wildman–Crippen LogP) is 2.59. The summed E-state index contributed by atoms with van der Waals surface area (Å²) < 4.78 is 5.56. The number of nitrogens with one attached hydrogen (secondary N) is 1. The number of carbonyl (C=O) groups is 2. The Kier molecular flexibility index (Phi) is 4.07. The summed E-state index contributed by atoms with van der Waals surface area (Å²) in [7, 11) is 0. The third-order valence-corrected chi connectivity index (χ3v) is 4.15. The van der Waals surface area contributed by atoms with Crippen molar-refractivity contribution in [3.05, 3.63) is 24.1 Å². The van der Waals surface area contributed by atoms with Crippen molar-refractivity contribution in [2.75, 3.05) is 11.9 Å². The van der Waals surface area contributed by atoms with Crippen molar-refractivity contribution >= 4 is 28.6 Å². The topological polar surface area (TPSA) is 75.4 Å². The number of rotatable bonds is 4. The van der Waals surface area contributed by atoms with Crippen molar-refractivity contribution in [3.63, 3.8) is 0 Å². The minimum Gasteiger partial charge on any atom is -0.441 e. The average Bonchev–Trinajstić information content (AvgIpc) is 3.09. The molecule has 0 saturated carbocycles. The van der Waals surface area contributed by atoms with Crippen LogP contribution in [0.25, 0.3) is 11.1 Å². The largest absolute Gasteiger partial charge is 0.441 e. The normalized spacial score (nSPS) is 18.2. The number of nitrogens with zero attached hydrogens (tertiary/aromatic N) is 2. The van der Waals surface area contributed by atoms with Gasteiger partial charge < -0.3 is 14.6 Å². The Bertz CT molecular complexity index is 751. The number of fused-ring (bicyclic) bond motifs is 1. The summed E-state index contributed by atoms with van der Waals surface area (Å²) >= 11 is 0. The number of carbonyl (C=O) groups excluding carboxylic acids is 2. The van der Waals surface area contributed by atoms with Crippen molar-refractivity contribution in [2.24, 2.45) is 5.92 Å². The zero-order valence-electron chi connectivity index (χ0n) is 13.6. The van der Waals surface area contributed by atoms with E-state index in [4.69, 9.17) is 4.42 Å². The molecule has 122 valence electrons. The highest BCUT2D eigenvalue weighted by atomic mass is 16.3. The maximum atomic E-state index is 12.4. The van der Waals surface area contributed by atoms with Crippen LogP contribution in [0.2, 0.25) is 0 Å². The first-order chi connectivity index (χ1) is 11.0. The number of aromatic nitrogens is 1. The number of amides is 2. The highest BCUT2D eigenvalue weighted by molar-refractivity contribution is 5.98. The number of hydrogen-bond acceptors (Lipinski definition) is 4. The molecular formula is C17H21N3O3. The molecule has 0 spiro atoms. The van der Waals surface area contributed by atoms with Crippen LogP contribution in [0.5, 0.6) is 0 Å². The lowest BCUT2D eigenvalue weighted by Crippen LogP contribution is -2.33. The van der Waals surface area contributed by atoms with Crippen LogP contribution in [0.1, 0.15) is 33.1 Å². The zero-order chi connectivity index (χ0) is 16.6. The van der Waals surface area contributed by atoms with Gasteiger partial charge in [0, 0.05) is 31.1 Å². The van der Waals surface area contributed by atoms with E-state index >= 15 is 0 Å². The fourth-order valence-corrected chi connectivity index (χ4v) is 2.85. The summed E-state index contributed by atoms with van der Waals surface area (Å²) in [5.41, 5.74) is 2.11. The Morgan fingerprint density at radius 2 is 2.26 bits per heavy atom. The van der Waals surface area contributed by atoms with E-state index in [1.165, 1.54) is 0 Å². The van der Waals surface area contributed by atoms with E-state index in [0.717, 1.165) is 11.9 Å². The van der Waals surface area contributed by atoms with Crippen molar-refractivity contribution in [1.82, 2.24) is 9.88 Å². The monoisotopic (exact) mass is 315 g/mol. The van der Waals surface area contributed by atoms with Crippen LogP contribution in [0.3, 0.4) is 0 Å². The molecule has 0 bridgehead atoms. The molecule has 23 heavy (non-hydrogen) atoms. The van der Waals surface area contributed by atoms with Crippen molar-refractivity contribution in [3.8, 4) is 0 Å². The van der Waals surface area contributed by atoms with E-state index in [2.05, 4.69) is 10.3 Å². The second-order valence-electron chi connectivity index (χ2n) is 6.17. The molecular weight excluding hydrogens is 294 g/mol. The zero-order valence-corrected chi connectivity index (χ0v) is 13.6. The van der Waals surface area contributed by atoms with Crippen LogP contribution >= 0.6 is 0 Å². The van der Waals surface area contributed by atoms with Crippen molar-refractivity contribution in [2.45, 2.75) is 39.7 Å². The van der Waals surface area contributed by atoms with Crippen LogP contribution in [0.4, 0.5) is 5.69 Å². The minimum absolute atomic E-state index is 0.0414. The molecule has 1 fully saturated rings. The standard InChI is InChI=1S/C17H21N3O3/c1-4-15-19-13-8-12(5-6-14(13)23-15)18-17(22)11-7-16(21)20(9-11)10(2)3/h5-6,8,10-11H,4,7,9H2,1-3H3,(H,18,22)/t11-/m1/s1. The third kappa shape index (κ3) is 3.06. The van der Waals surface area contributed by atoms with E-state index in [0.29, 0.717) is 23.7 Å². The van der Waals surface area contributed by atoms with Crippen LogP contribution in [-0.2, 0) is 16.0 Å². The Labute approximate surface area is 134 Å². The molecule has 1 saturated heterocycles. The SMILES string of the molecule is CCc1nc2cc(NC(=O)[C@@H]3CC(=O)N(C(C)C)C3)ccc2o1. The molecule has 3 rings (SSSR count). The second kappa shape index (κ2) is 6.02. The van der Waals surface area contributed by atoms with Gasteiger partial charge in [-0.15, -0.1) is 0 Å². The lowest BCUT2D eigenvalue weighted by molar-refractivity contribution is -0.129. The van der Waals surface area contributed by atoms with Gasteiger partial charge in [-0.05, 0) is 32.0 Å². The first-order valence-corrected chi connectivity index (χ1v) is 7.97. The summed E-state index contributed by atoms with van der Waals surface area (Å²) in [6.07, 6.45) is 1.00. The van der Waals surface area contributed by atoms with Crippen LogP contribution in [0.15, 0.2) is 22.6 Å². The van der Waals surface area contributed by atoms with E-state index in [9.17, 15) is 9.59 Å². The van der Waals surface area contributed by atoms with Gasteiger partial charge in [0.2, 0.25) is 11.8 Å². The third-order valence-electron chi connectivity index (χ3n) is 4.15. The number of oxazole rings is 1. The molecule has 0 unspecified atom stereocenters. The summed E-state index contributed by atoms with van der Waals surface area (Å²) in [5, 5.41) is 2.88. The highest BCUT2D eigenvalue weighted by Gasteiger charge is 2.35. The fraction of sp³-hybridized carbons (Fsp3) is 0.471. The van der Waals surface area contributed by atoms with Gasteiger partial charge in [-0.1, -0.05) is 6.92 Å². The number of likely N-dealkylation sites (tertiary alicyclic amines) is 1. The number of hydrogen-bond donors (Lipinski definition) is 1. The van der Waals surface area contributed by atoms with Gasteiger partial charge in [0.25, 0.3) is 0 Å². The Balaban J connectivity index is 1.72. The number of aryl methyl sites for hydroxylation is 1. The van der Waals surface area contributed by atoms with Gasteiger partial charge in [0.05, 0.1) is 5.92 Å². The van der Waals surface area contributed by atoms with E-state index in [-0.39, 0.29) is 30.2 Å². The van der Waals surface area contributed by atoms with Gasteiger partial charge >= 0.3 is 0 Å². The van der Waals surface area contributed by atoms with Gasteiger partial charge in [0.1, 0.15) is 5.52 Å². The molecule has 2 heterocycles. The van der Waals surface area contributed by atoms with Crippen LogP contribution in [0, 0.1) is 5.92 Å².